The van der Waals surface area contributed by atoms with Crippen LogP contribution in [0.1, 0.15) is 21.7 Å². The number of aromatic amines is 1. The van der Waals surface area contributed by atoms with Crippen molar-refractivity contribution >= 4 is 29.0 Å². The van der Waals surface area contributed by atoms with Gasteiger partial charge in [-0.15, -0.1) is 0 Å². The van der Waals surface area contributed by atoms with Crippen molar-refractivity contribution in [3.63, 3.8) is 0 Å². The Labute approximate surface area is 210 Å². The van der Waals surface area contributed by atoms with Gasteiger partial charge in [0, 0.05) is 30.9 Å². The van der Waals surface area contributed by atoms with Crippen LogP contribution >= 0.6 is 11.6 Å². The summed E-state index contributed by atoms with van der Waals surface area (Å²) in [5, 5.41) is 21.6. The zero-order valence-electron chi connectivity index (χ0n) is 18.7. The van der Waals surface area contributed by atoms with Crippen LogP contribution in [-0.2, 0) is 19.6 Å². The van der Waals surface area contributed by atoms with Crippen LogP contribution < -0.4 is 5.32 Å². The van der Waals surface area contributed by atoms with E-state index in [9.17, 15) is 31.9 Å². The van der Waals surface area contributed by atoms with Crippen LogP contribution in [-0.4, -0.2) is 36.8 Å². The van der Waals surface area contributed by atoms with Crippen molar-refractivity contribution in [2.24, 2.45) is 12.0 Å². The number of nitrogens with zero attached hydrogens (tertiary/aromatic N) is 4. The summed E-state index contributed by atoms with van der Waals surface area (Å²) in [5.41, 5.74) is -1.13. The number of halogens is 6. The van der Waals surface area contributed by atoms with E-state index in [0.29, 0.717) is 11.3 Å². The number of rotatable bonds is 5. The number of amides is 1. The van der Waals surface area contributed by atoms with E-state index >= 15 is 0 Å². The molecule has 0 aliphatic carbocycles. The fourth-order valence-electron chi connectivity index (χ4n) is 3.34. The number of carbonyl (C=O) groups excluding carboxylic acids is 1. The molecule has 14 heteroatoms. The third-order valence-electron chi connectivity index (χ3n) is 5.00. The van der Waals surface area contributed by atoms with E-state index in [-0.39, 0.29) is 28.7 Å². The predicted octanol–water partition coefficient (Wildman–Crippen LogP) is 5.17. The first-order chi connectivity index (χ1) is 17.4. The van der Waals surface area contributed by atoms with Gasteiger partial charge in [-0.3, -0.25) is 14.6 Å². The Morgan fingerprint density at radius 2 is 1.95 bits per heavy atom. The summed E-state index contributed by atoms with van der Waals surface area (Å²) in [4.78, 5) is 17.0. The highest BCUT2D eigenvalue weighted by atomic mass is 35.5. The molecule has 0 bridgehead atoms. The number of aliphatic imine (C=N–C) groups is 1. The standard InChI is InChI=1S/C23H16ClF5N6O2/c1-35-10-14(21(34-35)23(27,28)29)22(37)31-20(30-17-4-3-12(25)7-15(17)24)9-13-8-18(33-32-13)11-2-5-19(36)16(26)6-11/h2-8,10,36H,9H2,1H3,(H,32,33)(H,30,31,37). The summed E-state index contributed by atoms with van der Waals surface area (Å²) in [6.07, 6.45) is -4.16. The van der Waals surface area contributed by atoms with E-state index in [1.54, 1.807) is 0 Å². The lowest BCUT2D eigenvalue weighted by atomic mass is 10.1. The lowest BCUT2D eigenvalue weighted by Crippen LogP contribution is -2.33. The summed E-state index contributed by atoms with van der Waals surface area (Å²) in [6, 6.07) is 8.41. The molecule has 0 atom stereocenters. The van der Waals surface area contributed by atoms with Crippen molar-refractivity contribution < 1.29 is 31.9 Å². The van der Waals surface area contributed by atoms with Crippen LogP contribution in [0.25, 0.3) is 11.3 Å². The monoisotopic (exact) mass is 538 g/mol. The Bertz CT molecular complexity index is 1510. The van der Waals surface area contributed by atoms with E-state index < -0.39 is 40.7 Å². The predicted molar refractivity (Wildman–Crippen MR) is 124 cm³/mol. The number of aromatic nitrogens is 4. The number of carbonyl (C=O) groups is 1. The minimum absolute atomic E-state index is 0.0425. The smallest absolute Gasteiger partial charge is 0.435 e. The van der Waals surface area contributed by atoms with Crippen molar-refractivity contribution in [2.75, 3.05) is 0 Å². The number of nitrogens with one attached hydrogen (secondary N) is 2. The number of alkyl halides is 3. The fraction of sp³-hybridized carbons (Fsp3) is 0.130. The van der Waals surface area contributed by atoms with Gasteiger partial charge in [0.25, 0.3) is 5.91 Å². The molecule has 0 spiro atoms. The topological polar surface area (TPSA) is 108 Å². The molecule has 2 aromatic carbocycles. The second-order valence-electron chi connectivity index (χ2n) is 7.79. The first-order valence-corrected chi connectivity index (χ1v) is 10.8. The first-order valence-electron chi connectivity index (χ1n) is 10.4. The Morgan fingerprint density at radius 3 is 2.62 bits per heavy atom. The number of hydrogen-bond donors (Lipinski definition) is 3. The maximum Gasteiger partial charge on any atom is 0.435 e. The number of aryl methyl sites for hydroxylation is 1. The minimum atomic E-state index is -4.89. The summed E-state index contributed by atoms with van der Waals surface area (Å²) in [7, 11) is 1.23. The summed E-state index contributed by atoms with van der Waals surface area (Å²) < 4.78 is 68.1. The van der Waals surface area contributed by atoms with Crippen LogP contribution in [0.15, 0.2) is 53.7 Å². The third kappa shape index (κ3) is 5.94. The Kier molecular flexibility index (Phi) is 6.99. The average Bonchev–Trinajstić information content (AvgIpc) is 3.44. The third-order valence-corrected chi connectivity index (χ3v) is 5.30. The number of benzene rings is 2. The van der Waals surface area contributed by atoms with Crippen LogP contribution in [0.4, 0.5) is 27.6 Å². The molecule has 37 heavy (non-hydrogen) atoms. The van der Waals surface area contributed by atoms with E-state index in [2.05, 4.69) is 25.6 Å². The number of hydrogen-bond acceptors (Lipinski definition) is 5. The maximum absolute atomic E-state index is 13.7. The Morgan fingerprint density at radius 1 is 1.19 bits per heavy atom. The van der Waals surface area contributed by atoms with Gasteiger partial charge in [0.05, 0.1) is 22.0 Å². The zero-order valence-corrected chi connectivity index (χ0v) is 19.5. The molecule has 192 valence electrons. The highest BCUT2D eigenvalue weighted by Crippen LogP contribution is 2.31. The van der Waals surface area contributed by atoms with Crippen LogP contribution in [0.3, 0.4) is 0 Å². The maximum atomic E-state index is 13.7. The minimum Gasteiger partial charge on any atom is -0.505 e. The number of phenolic OH excluding ortho intramolecular Hbond substituents is 1. The molecule has 0 aliphatic rings. The van der Waals surface area contributed by atoms with Gasteiger partial charge in [0.1, 0.15) is 11.7 Å². The number of aromatic hydroxyl groups is 1. The number of H-pyrrole nitrogens is 1. The van der Waals surface area contributed by atoms with Crippen LogP contribution in [0.5, 0.6) is 5.75 Å². The van der Waals surface area contributed by atoms with Crippen molar-refractivity contribution in [2.45, 2.75) is 12.6 Å². The molecular formula is C23H16ClF5N6O2. The lowest BCUT2D eigenvalue weighted by Gasteiger charge is -2.10. The molecule has 0 saturated heterocycles. The normalized spacial score (nSPS) is 12.1. The van der Waals surface area contributed by atoms with Gasteiger partial charge in [-0.2, -0.15) is 23.4 Å². The number of amidine groups is 1. The lowest BCUT2D eigenvalue weighted by molar-refractivity contribution is -0.141. The molecule has 0 fully saturated rings. The summed E-state index contributed by atoms with van der Waals surface area (Å²) in [6.45, 7) is 0. The van der Waals surface area contributed by atoms with Gasteiger partial charge in [0.2, 0.25) is 0 Å². The highest BCUT2D eigenvalue weighted by Gasteiger charge is 2.39. The van der Waals surface area contributed by atoms with Gasteiger partial charge in [-0.1, -0.05) is 11.6 Å². The van der Waals surface area contributed by atoms with Crippen molar-refractivity contribution in [3.8, 4) is 17.0 Å². The van der Waals surface area contributed by atoms with Gasteiger partial charge < -0.3 is 10.4 Å². The van der Waals surface area contributed by atoms with E-state index in [4.69, 9.17) is 11.6 Å². The van der Waals surface area contributed by atoms with Crippen molar-refractivity contribution in [1.82, 2.24) is 25.3 Å². The molecule has 0 radical (unpaired) electrons. The molecule has 0 aliphatic heterocycles. The van der Waals surface area contributed by atoms with Gasteiger partial charge in [0.15, 0.2) is 17.3 Å². The molecule has 0 unspecified atom stereocenters. The fourth-order valence-corrected chi connectivity index (χ4v) is 3.55. The quantitative estimate of drug-likeness (QED) is 0.185. The largest absolute Gasteiger partial charge is 0.505 e. The molecule has 2 heterocycles. The van der Waals surface area contributed by atoms with Gasteiger partial charge in [-0.25, -0.2) is 13.8 Å². The zero-order chi connectivity index (χ0) is 26.9. The molecule has 2 aromatic heterocycles. The molecule has 4 aromatic rings. The second kappa shape index (κ2) is 10.0. The first kappa shape index (κ1) is 25.8. The van der Waals surface area contributed by atoms with E-state index in [0.717, 1.165) is 35.1 Å². The van der Waals surface area contributed by atoms with Crippen molar-refractivity contribution in [1.29, 1.82) is 0 Å². The molecule has 4 rings (SSSR count). The summed E-state index contributed by atoms with van der Waals surface area (Å²) >= 11 is 6.03. The van der Waals surface area contributed by atoms with Gasteiger partial charge in [-0.05, 0) is 42.5 Å². The van der Waals surface area contributed by atoms with Crippen LogP contribution in [0.2, 0.25) is 5.02 Å². The molecule has 8 nitrogen and oxygen atoms in total. The molecule has 3 N–H and O–H groups in total. The van der Waals surface area contributed by atoms with Gasteiger partial charge >= 0.3 is 6.18 Å². The molecular weight excluding hydrogens is 523 g/mol. The average molecular weight is 539 g/mol. The van der Waals surface area contributed by atoms with Crippen molar-refractivity contribution in [3.05, 3.63) is 82.3 Å². The van der Waals surface area contributed by atoms with E-state index in [1.807, 2.05) is 0 Å². The Balaban J connectivity index is 1.68. The Hall–Kier alpha value is -4.26. The van der Waals surface area contributed by atoms with Crippen LogP contribution in [0, 0.1) is 11.6 Å². The molecule has 1 amide bonds. The molecule has 0 saturated carbocycles. The second-order valence-corrected chi connectivity index (χ2v) is 8.20. The number of phenols is 1. The summed E-state index contributed by atoms with van der Waals surface area (Å²) in [5.74, 6) is -3.33. The highest BCUT2D eigenvalue weighted by molar-refractivity contribution is 6.33. The SMILES string of the molecule is Cn1cc(C(=O)NC(Cc2cc(-c3ccc(O)c(F)c3)n[nH]2)=Nc2ccc(F)cc2Cl)c(C(F)(F)F)n1. The van der Waals surface area contributed by atoms with E-state index in [1.165, 1.54) is 25.2 Å².